The Kier molecular flexibility index (Phi) is 2.40. The molecule has 1 aliphatic heterocycles. The number of hydrogen-bond donors (Lipinski definition) is 0. The molecule has 0 N–H and O–H groups in total. The maximum absolute atomic E-state index is 4.12. The van der Waals surface area contributed by atoms with E-state index in [2.05, 4.69) is 42.3 Å². The van der Waals surface area contributed by atoms with E-state index in [9.17, 15) is 0 Å². The highest BCUT2D eigenvalue weighted by molar-refractivity contribution is 5.68. The Morgan fingerprint density at radius 1 is 1.36 bits per heavy atom. The van der Waals surface area contributed by atoms with Crippen molar-refractivity contribution >= 4 is 5.70 Å². The van der Waals surface area contributed by atoms with Crippen LogP contribution >= 0.6 is 0 Å². The molecule has 1 heteroatoms. The third-order valence-corrected chi connectivity index (χ3v) is 2.67. The van der Waals surface area contributed by atoms with Crippen molar-refractivity contribution in [1.82, 2.24) is 4.90 Å². The molecular weight excluding hydrogens is 170 g/mol. The van der Waals surface area contributed by atoms with Crippen LogP contribution in [-0.4, -0.2) is 11.4 Å². The van der Waals surface area contributed by atoms with Crippen molar-refractivity contribution in [3.8, 4) is 0 Å². The number of nitrogens with zero attached hydrogens (tertiary/aromatic N) is 1. The summed E-state index contributed by atoms with van der Waals surface area (Å²) >= 11 is 0. The molecule has 1 heterocycles. The lowest BCUT2D eigenvalue weighted by molar-refractivity contribution is 0.418. The van der Waals surface area contributed by atoms with Gasteiger partial charge >= 0.3 is 0 Å². The number of hydrogen-bond acceptors (Lipinski definition) is 1. The minimum absolute atomic E-state index is 1.00. The van der Waals surface area contributed by atoms with Crippen molar-refractivity contribution < 1.29 is 0 Å². The molecule has 0 fully saturated rings. The first-order valence-electron chi connectivity index (χ1n) is 4.96. The second kappa shape index (κ2) is 3.70. The largest absolute Gasteiger partial charge is 0.367 e. The Morgan fingerprint density at radius 3 is 2.86 bits per heavy atom. The van der Waals surface area contributed by atoms with Gasteiger partial charge in [0.15, 0.2) is 0 Å². The summed E-state index contributed by atoms with van der Waals surface area (Å²) in [5.41, 5.74) is 3.85. The van der Waals surface area contributed by atoms with Crippen molar-refractivity contribution in [2.24, 2.45) is 0 Å². The van der Waals surface area contributed by atoms with Gasteiger partial charge in [-0.25, -0.2) is 0 Å². The molecule has 1 nitrogen and oxygen atoms in total. The predicted octanol–water partition coefficient (Wildman–Crippen LogP) is 3.05. The minimum Gasteiger partial charge on any atom is -0.367 e. The third-order valence-electron chi connectivity index (χ3n) is 2.67. The molecule has 0 radical (unpaired) electrons. The van der Waals surface area contributed by atoms with Crippen LogP contribution in [0.5, 0.6) is 0 Å². The molecule has 1 aliphatic rings. The highest BCUT2D eigenvalue weighted by Gasteiger charge is 2.20. The van der Waals surface area contributed by atoms with Crippen molar-refractivity contribution in [3.05, 3.63) is 54.6 Å². The molecular formula is C13H15N. The Morgan fingerprint density at radius 2 is 2.14 bits per heavy atom. The number of rotatable bonds is 3. The van der Waals surface area contributed by atoms with Crippen LogP contribution in [0, 0.1) is 0 Å². The minimum atomic E-state index is 1.00. The average molecular weight is 185 g/mol. The van der Waals surface area contributed by atoms with E-state index in [1.54, 1.807) is 0 Å². The van der Waals surface area contributed by atoms with E-state index < -0.39 is 0 Å². The van der Waals surface area contributed by atoms with Crippen LogP contribution in [0.2, 0.25) is 0 Å². The van der Waals surface area contributed by atoms with Crippen molar-refractivity contribution in [1.29, 1.82) is 0 Å². The molecule has 0 saturated heterocycles. The van der Waals surface area contributed by atoms with Gasteiger partial charge in [0.1, 0.15) is 0 Å². The molecule has 0 bridgehead atoms. The van der Waals surface area contributed by atoms with Gasteiger partial charge in [-0.15, -0.1) is 6.58 Å². The van der Waals surface area contributed by atoms with Crippen LogP contribution in [0.1, 0.15) is 17.5 Å². The van der Waals surface area contributed by atoms with Crippen LogP contribution in [-0.2, 0) is 6.54 Å². The highest BCUT2D eigenvalue weighted by atomic mass is 15.1. The SMILES string of the molecule is C=CCCN1Cc2ccccc2C1=C. The van der Waals surface area contributed by atoms with Gasteiger partial charge < -0.3 is 4.90 Å². The van der Waals surface area contributed by atoms with Crippen LogP contribution in [0.3, 0.4) is 0 Å². The van der Waals surface area contributed by atoms with E-state index in [0.29, 0.717) is 0 Å². The average Bonchev–Trinajstić information content (AvgIpc) is 2.54. The van der Waals surface area contributed by atoms with Crippen LogP contribution in [0.4, 0.5) is 0 Å². The normalized spacial score (nSPS) is 14.3. The summed E-state index contributed by atoms with van der Waals surface area (Å²) in [6, 6.07) is 8.48. The van der Waals surface area contributed by atoms with Gasteiger partial charge in [0.05, 0.1) is 0 Å². The molecule has 14 heavy (non-hydrogen) atoms. The fourth-order valence-corrected chi connectivity index (χ4v) is 1.87. The zero-order valence-electron chi connectivity index (χ0n) is 8.37. The van der Waals surface area contributed by atoms with Crippen LogP contribution in [0.15, 0.2) is 43.5 Å². The third kappa shape index (κ3) is 1.46. The smallest absolute Gasteiger partial charge is 0.0436 e. The van der Waals surface area contributed by atoms with Crippen LogP contribution in [0.25, 0.3) is 5.70 Å². The Balaban J connectivity index is 2.17. The van der Waals surface area contributed by atoms with Gasteiger partial charge in [0.25, 0.3) is 0 Å². The standard InChI is InChI=1S/C13H15N/c1-3-4-9-14-10-12-7-5-6-8-13(12)11(14)2/h3,5-8H,1-2,4,9-10H2. The first kappa shape index (κ1) is 9.07. The van der Waals surface area contributed by atoms with Crippen molar-refractivity contribution in [2.45, 2.75) is 13.0 Å². The Hall–Kier alpha value is -1.50. The Labute approximate surface area is 85.4 Å². The molecule has 0 spiro atoms. The first-order chi connectivity index (χ1) is 6.83. The van der Waals surface area contributed by atoms with Gasteiger partial charge in [-0.1, -0.05) is 36.9 Å². The first-order valence-corrected chi connectivity index (χ1v) is 4.96. The van der Waals surface area contributed by atoms with E-state index in [1.165, 1.54) is 11.1 Å². The highest BCUT2D eigenvalue weighted by Crippen LogP contribution is 2.30. The summed E-state index contributed by atoms with van der Waals surface area (Å²) in [6.45, 7) is 9.89. The van der Waals surface area contributed by atoms with E-state index in [1.807, 2.05) is 6.08 Å². The fraction of sp³-hybridized carbons (Fsp3) is 0.231. The van der Waals surface area contributed by atoms with Gasteiger partial charge in [0.2, 0.25) is 0 Å². The summed E-state index contributed by atoms with van der Waals surface area (Å²) in [7, 11) is 0. The second-order valence-corrected chi connectivity index (χ2v) is 3.60. The van der Waals surface area contributed by atoms with Crippen molar-refractivity contribution in [2.75, 3.05) is 6.54 Å². The lowest BCUT2D eigenvalue weighted by atomic mass is 10.1. The molecule has 0 unspecified atom stereocenters. The molecule has 0 aromatic heterocycles. The maximum atomic E-state index is 4.12. The number of fused-ring (bicyclic) bond motifs is 1. The van der Waals surface area contributed by atoms with Crippen molar-refractivity contribution in [3.63, 3.8) is 0 Å². The monoisotopic (exact) mass is 185 g/mol. The van der Waals surface area contributed by atoms with E-state index >= 15 is 0 Å². The maximum Gasteiger partial charge on any atom is 0.0436 e. The van der Waals surface area contributed by atoms with Gasteiger partial charge in [-0.05, 0) is 12.0 Å². The summed E-state index contributed by atoms with van der Waals surface area (Å²) in [5.74, 6) is 0. The molecule has 1 aromatic rings. The number of benzene rings is 1. The lowest BCUT2D eigenvalue weighted by Crippen LogP contribution is -2.15. The zero-order valence-corrected chi connectivity index (χ0v) is 8.37. The molecule has 0 atom stereocenters. The summed E-state index contributed by atoms with van der Waals surface area (Å²) in [5, 5.41) is 0. The van der Waals surface area contributed by atoms with Gasteiger partial charge in [-0.3, -0.25) is 0 Å². The lowest BCUT2D eigenvalue weighted by Gasteiger charge is -2.17. The Bertz CT molecular complexity index is 365. The molecule has 72 valence electrons. The predicted molar refractivity (Wildman–Crippen MR) is 60.7 cm³/mol. The fourth-order valence-electron chi connectivity index (χ4n) is 1.87. The quantitative estimate of drug-likeness (QED) is 0.654. The van der Waals surface area contributed by atoms with E-state index in [0.717, 1.165) is 25.2 Å². The molecule has 0 saturated carbocycles. The van der Waals surface area contributed by atoms with Gasteiger partial charge in [-0.2, -0.15) is 0 Å². The van der Waals surface area contributed by atoms with E-state index in [4.69, 9.17) is 0 Å². The summed E-state index contributed by atoms with van der Waals surface area (Å²) < 4.78 is 0. The zero-order chi connectivity index (χ0) is 9.97. The molecule has 0 amide bonds. The summed E-state index contributed by atoms with van der Waals surface area (Å²) in [6.07, 6.45) is 2.98. The van der Waals surface area contributed by atoms with E-state index in [-0.39, 0.29) is 0 Å². The second-order valence-electron chi connectivity index (χ2n) is 3.60. The van der Waals surface area contributed by atoms with Crippen LogP contribution < -0.4 is 0 Å². The summed E-state index contributed by atoms with van der Waals surface area (Å²) in [4.78, 5) is 2.31. The topological polar surface area (TPSA) is 3.24 Å². The molecule has 0 aliphatic carbocycles. The molecule has 2 rings (SSSR count). The van der Waals surface area contributed by atoms with Gasteiger partial charge in [0, 0.05) is 24.4 Å². The molecule has 1 aromatic carbocycles.